The molecule has 1 rings (SSSR count). The summed E-state index contributed by atoms with van der Waals surface area (Å²) >= 11 is 5.66. The van der Waals surface area contributed by atoms with Crippen LogP contribution in [0.4, 0.5) is 0 Å². The normalized spacial score (nSPS) is 13.2. The van der Waals surface area contributed by atoms with Crippen molar-refractivity contribution in [2.45, 2.75) is 38.6 Å². The molecule has 0 saturated carbocycles. The van der Waals surface area contributed by atoms with Crippen LogP contribution in [0.5, 0.6) is 0 Å². The van der Waals surface area contributed by atoms with Gasteiger partial charge in [0.05, 0.1) is 5.41 Å². The van der Waals surface area contributed by atoms with E-state index in [1.54, 1.807) is 0 Å². The lowest BCUT2D eigenvalue weighted by molar-refractivity contribution is -0.126. The summed E-state index contributed by atoms with van der Waals surface area (Å²) in [5.41, 5.74) is 0.512. The molecule has 0 radical (unpaired) electrons. The molecule has 1 aromatic rings. The van der Waals surface area contributed by atoms with E-state index in [2.05, 4.69) is 5.32 Å². The van der Waals surface area contributed by atoms with Crippen LogP contribution in [0.2, 0.25) is 0 Å². The summed E-state index contributed by atoms with van der Waals surface area (Å²) in [4.78, 5) is 12.2. The Morgan fingerprint density at radius 1 is 1.35 bits per heavy atom. The Balaban J connectivity index is 2.74. The molecule has 2 nitrogen and oxygen atoms in total. The Bertz CT molecular complexity index is 362. The molecule has 1 atom stereocenters. The highest BCUT2D eigenvalue weighted by molar-refractivity contribution is 6.17. The lowest BCUT2D eigenvalue weighted by atomic mass is 9.83. The standard InChI is InChI=1S/C14H20ClNO/c1-11(9-10-15)16-13(17)14(2,3)12-7-5-4-6-8-12/h4-8,11H,9-10H2,1-3H3,(H,16,17). The van der Waals surface area contributed by atoms with Crippen molar-refractivity contribution in [1.82, 2.24) is 5.32 Å². The predicted molar refractivity (Wildman–Crippen MR) is 72.4 cm³/mol. The Kier molecular flexibility index (Phi) is 5.01. The van der Waals surface area contributed by atoms with E-state index in [1.165, 1.54) is 0 Å². The van der Waals surface area contributed by atoms with Crippen LogP contribution in [0.15, 0.2) is 30.3 Å². The number of hydrogen-bond donors (Lipinski definition) is 1. The second kappa shape index (κ2) is 6.06. The first-order valence-electron chi connectivity index (χ1n) is 5.91. The van der Waals surface area contributed by atoms with Gasteiger partial charge in [-0.05, 0) is 32.8 Å². The molecule has 0 heterocycles. The largest absolute Gasteiger partial charge is 0.353 e. The zero-order valence-corrected chi connectivity index (χ0v) is 11.4. The Labute approximate surface area is 108 Å². The van der Waals surface area contributed by atoms with E-state index in [1.807, 2.05) is 51.1 Å². The number of benzene rings is 1. The SMILES string of the molecule is CC(CCCl)NC(=O)C(C)(C)c1ccccc1. The number of rotatable bonds is 5. The molecule has 1 N–H and O–H groups in total. The van der Waals surface area contributed by atoms with Crippen LogP contribution in [0.25, 0.3) is 0 Å². The van der Waals surface area contributed by atoms with Crippen LogP contribution in [0.1, 0.15) is 32.8 Å². The second-order valence-corrected chi connectivity index (χ2v) is 5.22. The van der Waals surface area contributed by atoms with E-state index in [-0.39, 0.29) is 11.9 Å². The van der Waals surface area contributed by atoms with Gasteiger partial charge in [-0.2, -0.15) is 0 Å². The number of hydrogen-bond acceptors (Lipinski definition) is 1. The van der Waals surface area contributed by atoms with Crippen molar-refractivity contribution in [2.75, 3.05) is 5.88 Å². The van der Waals surface area contributed by atoms with Gasteiger partial charge in [-0.15, -0.1) is 11.6 Å². The van der Waals surface area contributed by atoms with Crippen molar-refractivity contribution in [1.29, 1.82) is 0 Å². The molecule has 1 unspecified atom stereocenters. The van der Waals surface area contributed by atoms with Crippen molar-refractivity contribution in [3.63, 3.8) is 0 Å². The van der Waals surface area contributed by atoms with Crippen molar-refractivity contribution >= 4 is 17.5 Å². The summed E-state index contributed by atoms with van der Waals surface area (Å²) in [7, 11) is 0. The third-order valence-electron chi connectivity index (χ3n) is 2.98. The number of carbonyl (C=O) groups excluding carboxylic acids is 1. The van der Waals surface area contributed by atoms with Crippen molar-refractivity contribution in [2.24, 2.45) is 0 Å². The maximum Gasteiger partial charge on any atom is 0.230 e. The summed E-state index contributed by atoms with van der Waals surface area (Å²) in [6, 6.07) is 9.92. The highest BCUT2D eigenvalue weighted by Crippen LogP contribution is 2.23. The average Bonchev–Trinajstić information content (AvgIpc) is 2.30. The zero-order chi connectivity index (χ0) is 12.9. The topological polar surface area (TPSA) is 29.1 Å². The summed E-state index contributed by atoms with van der Waals surface area (Å²) in [5.74, 6) is 0.606. The third-order valence-corrected chi connectivity index (χ3v) is 3.20. The smallest absolute Gasteiger partial charge is 0.230 e. The minimum atomic E-state index is -0.512. The molecule has 0 aliphatic heterocycles. The molecule has 1 amide bonds. The predicted octanol–water partition coefficient (Wildman–Crippen LogP) is 3.10. The van der Waals surface area contributed by atoms with Gasteiger partial charge in [0.2, 0.25) is 5.91 Å². The van der Waals surface area contributed by atoms with Gasteiger partial charge in [0.1, 0.15) is 0 Å². The molecule has 17 heavy (non-hydrogen) atoms. The van der Waals surface area contributed by atoms with E-state index in [0.717, 1.165) is 12.0 Å². The number of alkyl halides is 1. The van der Waals surface area contributed by atoms with Crippen LogP contribution < -0.4 is 5.32 Å². The van der Waals surface area contributed by atoms with E-state index in [9.17, 15) is 4.79 Å². The van der Waals surface area contributed by atoms with Gasteiger partial charge in [0.15, 0.2) is 0 Å². The van der Waals surface area contributed by atoms with Gasteiger partial charge < -0.3 is 5.32 Å². The first-order valence-corrected chi connectivity index (χ1v) is 6.44. The van der Waals surface area contributed by atoms with E-state index in [0.29, 0.717) is 5.88 Å². The van der Waals surface area contributed by atoms with Gasteiger partial charge in [-0.3, -0.25) is 4.79 Å². The lowest BCUT2D eigenvalue weighted by Crippen LogP contribution is -2.44. The third kappa shape index (κ3) is 3.74. The first-order chi connectivity index (χ1) is 7.98. The zero-order valence-electron chi connectivity index (χ0n) is 10.7. The molecule has 0 bridgehead atoms. The Hall–Kier alpha value is -1.02. The molecule has 0 fully saturated rings. The number of carbonyl (C=O) groups is 1. The van der Waals surface area contributed by atoms with Crippen molar-refractivity contribution in [3.05, 3.63) is 35.9 Å². The molecule has 0 spiro atoms. The van der Waals surface area contributed by atoms with E-state index < -0.39 is 5.41 Å². The molecule has 94 valence electrons. The van der Waals surface area contributed by atoms with E-state index in [4.69, 9.17) is 11.6 Å². The first kappa shape index (κ1) is 14.0. The molecule has 1 aromatic carbocycles. The molecular weight excluding hydrogens is 234 g/mol. The van der Waals surface area contributed by atoms with Crippen molar-refractivity contribution in [3.8, 4) is 0 Å². The minimum absolute atomic E-state index is 0.0429. The van der Waals surface area contributed by atoms with Crippen LogP contribution >= 0.6 is 11.6 Å². The van der Waals surface area contributed by atoms with Crippen LogP contribution in [-0.2, 0) is 10.2 Å². The summed E-state index contributed by atoms with van der Waals surface area (Å²) in [5, 5.41) is 3.00. The summed E-state index contributed by atoms with van der Waals surface area (Å²) in [6.07, 6.45) is 0.790. The molecule has 0 aliphatic carbocycles. The quantitative estimate of drug-likeness (QED) is 0.803. The monoisotopic (exact) mass is 253 g/mol. The Morgan fingerprint density at radius 3 is 2.47 bits per heavy atom. The fraction of sp³-hybridized carbons (Fsp3) is 0.500. The number of halogens is 1. The van der Waals surface area contributed by atoms with Gasteiger partial charge in [-0.1, -0.05) is 30.3 Å². The van der Waals surface area contributed by atoms with Gasteiger partial charge in [-0.25, -0.2) is 0 Å². The van der Waals surface area contributed by atoms with Crippen LogP contribution in [-0.4, -0.2) is 17.8 Å². The summed E-state index contributed by atoms with van der Waals surface area (Å²) < 4.78 is 0. The molecule has 0 saturated heterocycles. The van der Waals surface area contributed by atoms with Crippen LogP contribution in [0.3, 0.4) is 0 Å². The fourth-order valence-corrected chi connectivity index (χ4v) is 1.95. The van der Waals surface area contributed by atoms with Crippen molar-refractivity contribution < 1.29 is 4.79 Å². The van der Waals surface area contributed by atoms with Gasteiger partial charge >= 0.3 is 0 Å². The maximum absolute atomic E-state index is 12.2. The fourth-order valence-electron chi connectivity index (χ4n) is 1.63. The second-order valence-electron chi connectivity index (χ2n) is 4.84. The maximum atomic E-state index is 12.2. The molecule has 3 heteroatoms. The molecular formula is C14H20ClNO. The lowest BCUT2D eigenvalue weighted by Gasteiger charge is -2.26. The molecule has 0 aliphatic rings. The average molecular weight is 254 g/mol. The van der Waals surface area contributed by atoms with Crippen LogP contribution in [0, 0.1) is 0 Å². The van der Waals surface area contributed by atoms with Gasteiger partial charge in [0.25, 0.3) is 0 Å². The van der Waals surface area contributed by atoms with Gasteiger partial charge in [0, 0.05) is 11.9 Å². The highest BCUT2D eigenvalue weighted by atomic mass is 35.5. The number of amides is 1. The number of nitrogens with one attached hydrogen (secondary N) is 1. The molecule has 0 aromatic heterocycles. The minimum Gasteiger partial charge on any atom is -0.353 e. The van der Waals surface area contributed by atoms with E-state index >= 15 is 0 Å². The highest BCUT2D eigenvalue weighted by Gasteiger charge is 2.30. The Morgan fingerprint density at radius 2 is 1.94 bits per heavy atom. The summed E-state index contributed by atoms with van der Waals surface area (Å²) in [6.45, 7) is 5.84.